The van der Waals surface area contributed by atoms with Gasteiger partial charge in [0.2, 0.25) is 0 Å². The molecule has 0 saturated heterocycles. The molecule has 2 N–H and O–H groups in total. The highest BCUT2D eigenvalue weighted by molar-refractivity contribution is 6.32. The number of nitrogens with one attached hydrogen (secondary N) is 1. The summed E-state index contributed by atoms with van der Waals surface area (Å²) in [5.74, 6) is -0.787. The van der Waals surface area contributed by atoms with Gasteiger partial charge < -0.3 is 9.84 Å². The van der Waals surface area contributed by atoms with Crippen LogP contribution in [0.2, 0.25) is 5.02 Å². The number of halogens is 1. The fourth-order valence-corrected chi connectivity index (χ4v) is 2.09. The second-order valence-corrected chi connectivity index (χ2v) is 4.93. The second kappa shape index (κ2) is 7.42. The van der Waals surface area contributed by atoms with Crippen molar-refractivity contribution < 1.29 is 19.6 Å². The van der Waals surface area contributed by atoms with Gasteiger partial charge in [-0.05, 0) is 23.8 Å². The zero-order chi connectivity index (χ0) is 17.7. The van der Waals surface area contributed by atoms with Gasteiger partial charge >= 0.3 is 0 Å². The molecule has 24 heavy (non-hydrogen) atoms. The number of phenolic OH excluding ortho intramolecular Hbond substituents is 1. The molecule has 124 valence electrons. The summed E-state index contributed by atoms with van der Waals surface area (Å²) in [5, 5.41) is 24.3. The van der Waals surface area contributed by atoms with Crippen molar-refractivity contribution in [3.8, 4) is 11.5 Å². The molecular weight excluding hydrogens is 338 g/mol. The van der Waals surface area contributed by atoms with Gasteiger partial charge in [0.15, 0.2) is 11.5 Å². The van der Waals surface area contributed by atoms with Crippen LogP contribution < -0.4 is 10.2 Å². The largest absolute Gasteiger partial charge is 0.503 e. The minimum Gasteiger partial charge on any atom is -0.503 e. The maximum Gasteiger partial charge on any atom is 0.282 e. The fourth-order valence-electron chi connectivity index (χ4n) is 1.87. The average Bonchev–Trinajstić information content (AvgIpc) is 2.57. The number of benzene rings is 2. The van der Waals surface area contributed by atoms with Gasteiger partial charge in [-0.2, -0.15) is 5.10 Å². The topological polar surface area (TPSA) is 114 Å². The van der Waals surface area contributed by atoms with E-state index in [0.29, 0.717) is 5.56 Å². The van der Waals surface area contributed by atoms with Gasteiger partial charge in [-0.25, -0.2) is 5.43 Å². The number of methoxy groups -OCH3 is 1. The number of nitro benzene ring substituents is 1. The lowest BCUT2D eigenvalue weighted by Gasteiger charge is -2.06. The predicted molar refractivity (Wildman–Crippen MR) is 87.8 cm³/mol. The zero-order valence-electron chi connectivity index (χ0n) is 12.4. The van der Waals surface area contributed by atoms with Crippen LogP contribution in [0, 0.1) is 10.1 Å². The summed E-state index contributed by atoms with van der Waals surface area (Å²) < 4.78 is 4.95. The molecule has 9 heteroatoms. The van der Waals surface area contributed by atoms with Gasteiger partial charge in [0, 0.05) is 6.07 Å². The van der Waals surface area contributed by atoms with Crippen molar-refractivity contribution in [2.24, 2.45) is 5.10 Å². The van der Waals surface area contributed by atoms with E-state index in [1.54, 1.807) is 0 Å². The Morgan fingerprint density at radius 3 is 2.79 bits per heavy atom. The minimum atomic E-state index is -0.726. The normalized spacial score (nSPS) is 10.6. The summed E-state index contributed by atoms with van der Waals surface area (Å²) in [4.78, 5) is 22.2. The van der Waals surface area contributed by atoms with Crippen LogP contribution >= 0.6 is 11.6 Å². The Kier molecular flexibility index (Phi) is 5.33. The molecule has 0 aromatic heterocycles. The number of carbonyl (C=O) groups is 1. The molecule has 2 aromatic carbocycles. The first kappa shape index (κ1) is 17.2. The Hall–Kier alpha value is -3.13. The molecule has 0 radical (unpaired) electrons. The Morgan fingerprint density at radius 2 is 2.12 bits per heavy atom. The first-order chi connectivity index (χ1) is 11.4. The van der Waals surface area contributed by atoms with E-state index in [4.69, 9.17) is 16.3 Å². The number of ether oxygens (including phenoxy) is 1. The second-order valence-electron chi connectivity index (χ2n) is 4.53. The first-order valence-corrected chi connectivity index (χ1v) is 6.95. The van der Waals surface area contributed by atoms with Crippen LogP contribution in [0.1, 0.15) is 15.9 Å². The van der Waals surface area contributed by atoms with Crippen LogP contribution in [0.25, 0.3) is 0 Å². The van der Waals surface area contributed by atoms with Crippen LogP contribution in [-0.2, 0) is 0 Å². The van der Waals surface area contributed by atoms with E-state index in [0.717, 1.165) is 0 Å². The maximum atomic E-state index is 12.0. The van der Waals surface area contributed by atoms with Crippen LogP contribution in [0.15, 0.2) is 41.5 Å². The number of phenols is 1. The Bertz CT molecular complexity index is 823. The number of rotatable bonds is 5. The van der Waals surface area contributed by atoms with Crippen molar-refractivity contribution in [3.63, 3.8) is 0 Å². The van der Waals surface area contributed by atoms with Crippen molar-refractivity contribution in [1.82, 2.24) is 5.43 Å². The van der Waals surface area contributed by atoms with Crippen molar-refractivity contribution >= 4 is 29.4 Å². The quantitative estimate of drug-likeness (QED) is 0.489. The van der Waals surface area contributed by atoms with Crippen LogP contribution in [0.4, 0.5) is 5.69 Å². The summed E-state index contributed by atoms with van der Waals surface area (Å²) in [5.41, 5.74) is 2.22. The minimum absolute atomic E-state index is 0.0563. The van der Waals surface area contributed by atoms with E-state index in [9.17, 15) is 20.0 Å². The Morgan fingerprint density at radius 1 is 1.42 bits per heavy atom. The monoisotopic (exact) mass is 349 g/mol. The highest BCUT2D eigenvalue weighted by Gasteiger charge is 2.18. The Balaban J connectivity index is 2.17. The standard InChI is InChI=1S/C15H12ClN3O5/c1-24-13-7-9(6-11(16)14(13)20)8-17-18-15(21)10-4-2-3-5-12(10)19(22)23/h2-8,20H,1H3,(H,18,21)/b17-8-. The van der Waals surface area contributed by atoms with E-state index >= 15 is 0 Å². The lowest BCUT2D eigenvalue weighted by molar-refractivity contribution is -0.385. The predicted octanol–water partition coefficient (Wildman–Crippen LogP) is 2.73. The molecule has 0 saturated carbocycles. The van der Waals surface area contributed by atoms with E-state index in [-0.39, 0.29) is 27.8 Å². The number of hydrogen-bond acceptors (Lipinski definition) is 6. The maximum absolute atomic E-state index is 12.0. The molecule has 0 fully saturated rings. The Labute approximate surface area is 141 Å². The molecule has 0 heterocycles. The summed E-state index contributed by atoms with van der Waals surface area (Å²) in [6.07, 6.45) is 1.26. The zero-order valence-corrected chi connectivity index (χ0v) is 13.1. The molecule has 2 aromatic rings. The molecule has 0 atom stereocenters. The SMILES string of the molecule is COc1cc(/C=N\NC(=O)c2ccccc2[N+](=O)[O-])cc(Cl)c1O. The smallest absolute Gasteiger partial charge is 0.282 e. The van der Waals surface area contributed by atoms with Gasteiger partial charge in [0.25, 0.3) is 11.6 Å². The fraction of sp³-hybridized carbons (Fsp3) is 0.0667. The average molecular weight is 350 g/mol. The molecule has 0 spiro atoms. The number of para-hydroxylation sites is 1. The number of amides is 1. The van der Waals surface area contributed by atoms with E-state index in [1.165, 1.54) is 49.7 Å². The van der Waals surface area contributed by atoms with Crippen molar-refractivity contribution in [3.05, 3.63) is 62.7 Å². The third-order valence-electron chi connectivity index (χ3n) is 3.00. The summed E-state index contributed by atoms with van der Waals surface area (Å²) in [6, 6.07) is 8.40. The van der Waals surface area contributed by atoms with Crippen molar-refractivity contribution in [1.29, 1.82) is 0 Å². The van der Waals surface area contributed by atoms with Gasteiger partial charge in [0.05, 0.1) is 23.3 Å². The number of hydrazone groups is 1. The van der Waals surface area contributed by atoms with Crippen LogP contribution in [0.5, 0.6) is 11.5 Å². The van der Waals surface area contributed by atoms with Crippen molar-refractivity contribution in [2.45, 2.75) is 0 Å². The van der Waals surface area contributed by atoms with Gasteiger partial charge in [0.1, 0.15) is 5.56 Å². The van der Waals surface area contributed by atoms with Crippen LogP contribution in [0.3, 0.4) is 0 Å². The molecule has 1 amide bonds. The lowest BCUT2D eigenvalue weighted by atomic mass is 10.2. The molecule has 0 bridgehead atoms. The van der Waals surface area contributed by atoms with Gasteiger partial charge in [-0.15, -0.1) is 0 Å². The molecule has 0 unspecified atom stereocenters. The highest BCUT2D eigenvalue weighted by Crippen LogP contribution is 2.34. The van der Waals surface area contributed by atoms with Gasteiger partial charge in [-0.3, -0.25) is 14.9 Å². The first-order valence-electron chi connectivity index (χ1n) is 6.57. The number of nitro groups is 1. The molecule has 0 aliphatic rings. The number of aromatic hydroxyl groups is 1. The van der Waals surface area contributed by atoms with Gasteiger partial charge in [-0.1, -0.05) is 23.7 Å². The third kappa shape index (κ3) is 3.79. The van der Waals surface area contributed by atoms with E-state index < -0.39 is 10.8 Å². The number of nitrogens with zero attached hydrogens (tertiary/aromatic N) is 2. The molecule has 8 nitrogen and oxygen atoms in total. The summed E-state index contributed by atoms with van der Waals surface area (Å²) >= 11 is 5.84. The molecular formula is C15H12ClN3O5. The summed E-state index contributed by atoms with van der Waals surface area (Å²) in [7, 11) is 1.36. The molecule has 0 aliphatic carbocycles. The number of hydrogen-bond donors (Lipinski definition) is 2. The van der Waals surface area contributed by atoms with E-state index in [2.05, 4.69) is 10.5 Å². The summed E-state index contributed by atoms with van der Waals surface area (Å²) in [6.45, 7) is 0. The number of carbonyl (C=O) groups excluding carboxylic acids is 1. The van der Waals surface area contributed by atoms with Crippen LogP contribution in [-0.4, -0.2) is 29.3 Å². The third-order valence-corrected chi connectivity index (χ3v) is 3.28. The van der Waals surface area contributed by atoms with E-state index in [1.807, 2.05) is 0 Å². The van der Waals surface area contributed by atoms with Crippen molar-refractivity contribution in [2.75, 3.05) is 7.11 Å². The highest BCUT2D eigenvalue weighted by atomic mass is 35.5. The lowest BCUT2D eigenvalue weighted by Crippen LogP contribution is -2.18. The molecule has 0 aliphatic heterocycles. The molecule has 2 rings (SSSR count).